The van der Waals surface area contributed by atoms with Gasteiger partial charge in [-0.25, -0.2) is 0 Å². The first-order chi connectivity index (χ1) is 11.7. The average Bonchev–Trinajstić information content (AvgIpc) is 3.17. The second kappa shape index (κ2) is 4.82. The van der Waals surface area contributed by atoms with Gasteiger partial charge in [-0.2, -0.15) is 0 Å². The lowest BCUT2D eigenvalue weighted by Gasteiger charge is -2.19. The zero-order valence-electron chi connectivity index (χ0n) is 12.3. The molecule has 5 rings (SSSR count). The zero-order valence-corrected chi connectivity index (χ0v) is 13.0. The topological polar surface area (TPSA) is 68.8 Å². The van der Waals surface area contributed by atoms with Crippen molar-refractivity contribution in [3.8, 4) is 11.5 Å². The minimum Gasteiger partial charge on any atom is -0.461 e. The Kier molecular flexibility index (Phi) is 2.72. The predicted molar refractivity (Wildman–Crippen MR) is 87.1 cm³/mol. The molecule has 0 aromatic heterocycles. The molecule has 0 aliphatic carbocycles. The summed E-state index contributed by atoms with van der Waals surface area (Å²) in [5, 5.41) is 6.83. The number of hydrogen-bond donors (Lipinski definition) is 2. The molecule has 0 saturated heterocycles. The number of rotatable bonds is 1. The van der Waals surface area contributed by atoms with Gasteiger partial charge in [-0.1, -0.05) is 17.7 Å². The maximum Gasteiger partial charge on any atom is 0.231 e. The largest absolute Gasteiger partial charge is 0.461 e. The maximum atomic E-state index is 12.7. The van der Waals surface area contributed by atoms with Crippen molar-refractivity contribution in [1.82, 2.24) is 0 Å². The normalized spacial score (nSPS) is 20.0. The van der Waals surface area contributed by atoms with Crippen LogP contribution in [0.5, 0.6) is 11.5 Å². The second-order valence-electron chi connectivity index (χ2n) is 5.62. The quantitative estimate of drug-likeness (QED) is 0.827. The molecular formula is C17H11ClN2O4. The van der Waals surface area contributed by atoms with Crippen molar-refractivity contribution in [1.29, 1.82) is 0 Å². The number of anilines is 2. The van der Waals surface area contributed by atoms with Crippen LogP contribution in [0.15, 0.2) is 48.0 Å². The molecule has 0 fully saturated rings. The molecule has 0 spiro atoms. The molecule has 7 heteroatoms. The van der Waals surface area contributed by atoms with Gasteiger partial charge in [-0.15, -0.1) is 0 Å². The molecule has 3 aliphatic rings. The Morgan fingerprint density at radius 1 is 1.00 bits per heavy atom. The van der Waals surface area contributed by atoms with Crippen LogP contribution >= 0.6 is 11.6 Å². The highest BCUT2D eigenvalue weighted by atomic mass is 35.5. The molecule has 24 heavy (non-hydrogen) atoms. The fourth-order valence-electron chi connectivity index (χ4n) is 2.97. The van der Waals surface area contributed by atoms with Gasteiger partial charge >= 0.3 is 0 Å². The third-order valence-corrected chi connectivity index (χ3v) is 4.37. The van der Waals surface area contributed by atoms with Crippen molar-refractivity contribution in [2.45, 2.75) is 6.10 Å². The van der Waals surface area contributed by atoms with Crippen LogP contribution in [-0.2, 0) is 9.53 Å². The summed E-state index contributed by atoms with van der Waals surface area (Å²) < 4.78 is 16.5. The zero-order chi connectivity index (χ0) is 16.3. The molecule has 0 bridgehead atoms. The van der Waals surface area contributed by atoms with Crippen LogP contribution in [0.25, 0.3) is 0 Å². The molecule has 1 atom stereocenters. The number of ketones is 1. The van der Waals surface area contributed by atoms with Gasteiger partial charge < -0.3 is 24.8 Å². The fourth-order valence-corrected chi connectivity index (χ4v) is 3.14. The lowest BCUT2D eigenvalue weighted by Crippen LogP contribution is -2.18. The number of halogens is 1. The van der Waals surface area contributed by atoms with Gasteiger partial charge in [-0.3, -0.25) is 4.79 Å². The summed E-state index contributed by atoms with van der Waals surface area (Å²) in [5.41, 5.74) is 2.67. The molecule has 120 valence electrons. The number of nitrogens with one attached hydrogen (secondary N) is 2. The Labute approximate surface area is 142 Å². The molecule has 2 aromatic carbocycles. The van der Waals surface area contributed by atoms with Crippen molar-refractivity contribution >= 4 is 28.8 Å². The van der Waals surface area contributed by atoms with E-state index >= 15 is 0 Å². The van der Waals surface area contributed by atoms with Gasteiger partial charge in [0.1, 0.15) is 5.70 Å². The van der Waals surface area contributed by atoms with E-state index in [1.54, 1.807) is 30.3 Å². The predicted octanol–water partition coefficient (Wildman–Crippen LogP) is 3.42. The fraction of sp³-hybridized carbons (Fsp3) is 0.118. The highest BCUT2D eigenvalue weighted by molar-refractivity contribution is 6.31. The van der Waals surface area contributed by atoms with E-state index in [2.05, 4.69) is 10.6 Å². The first kappa shape index (κ1) is 13.6. The molecule has 1 unspecified atom stereocenters. The third kappa shape index (κ3) is 1.93. The van der Waals surface area contributed by atoms with Crippen molar-refractivity contribution in [2.75, 3.05) is 17.4 Å². The van der Waals surface area contributed by atoms with Crippen molar-refractivity contribution < 1.29 is 19.0 Å². The van der Waals surface area contributed by atoms with E-state index in [1.807, 2.05) is 6.07 Å². The van der Waals surface area contributed by atoms with Gasteiger partial charge in [0.05, 0.1) is 11.4 Å². The Bertz CT molecular complexity index is 925. The summed E-state index contributed by atoms with van der Waals surface area (Å²) in [7, 11) is 0. The summed E-state index contributed by atoms with van der Waals surface area (Å²) in [5.74, 6) is 1.54. The molecule has 0 amide bonds. The van der Waals surface area contributed by atoms with Crippen LogP contribution in [0.4, 0.5) is 11.4 Å². The van der Waals surface area contributed by atoms with Crippen LogP contribution in [0, 0.1) is 0 Å². The molecule has 2 aromatic rings. The minimum atomic E-state index is -0.728. The van der Waals surface area contributed by atoms with Crippen LogP contribution in [0.1, 0.15) is 11.7 Å². The first-order valence-corrected chi connectivity index (χ1v) is 7.75. The van der Waals surface area contributed by atoms with E-state index in [0.29, 0.717) is 33.7 Å². The van der Waals surface area contributed by atoms with E-state index in [9.17, 15) is 4.79 Å². The van der Waals surface area contributed by atoms with E-state index < -0.39 is 6.10 Å². The van der Waals surface area contributed by atoms with Gasteiger partial charge in [0.25, 0.3) is 0 Å². The Hall–Kier alpha value is -2.86. The number of Topliss-reactive ketones (excluding diaryl/α,β-unsaturated/α-hetero) is 1. The third-order valence-electron chi connectivity index (χ3n) is 4.14. The van der Waals surface area contributed by atoms with E-state index in [-0.39, 0.29) is 12.6 Å². The van der Waals surface area contributed by atoms with Crippen LogP contribution < -0.4 is 20.1 Å². The summed E-state index contributed by atoms with van der Waals surface area (Å²) in [6.07, 6.45) is -0.728. The molecular weight excluding hydrogens is 332 g/mol. The molecule has 6 nitrogen and oxygen atoms in total. The lowest BCUT2D eigenvalue weighted by molar-refractivity contribution is -0.121. The summed E-state index contributed by atoms with van der Waals surface area (Å²) in [6.45, 7) is 0.187. The number of hydrogen-bond acceptors (Lipinski definition) is 6. The summed E-state index contributed by atoms with van der Waals surface area (Å²) in [4.78, 5) is 12.7. The Balaban J connectivity index is 1.47. The maximum absolute atomic E-state index is 12.7. The molecule has 0 saturated carbocycles. The SMILES string of the molecule is O=C1C2=C(Nc3cc(Cl)ccc3N2)OC1c1ccc2c(c1)OCO2. The molecule has 2 N–H and O–H groups in total. The summed E-state index contributed by atoms with van der Waals surface area (Å²) in [6, 6.07) is 10.7. The van der Waals surface area contributed by atoms with Gasteiger partial charge in [0.15, 0.2) is 17.6 Å². The first-order valence-electron chi connectivity index (χ1n) is 7.37. The van der Waals surface area contributed by atoms with Crippen molar-refractivity contribution in [2.24, 2.45) is 0 Å². The van der Waals surface area contributed by atoms with E-state index in [1.165, 1.54) is 0 Å². The van der Waals surface area contributed by atoms with Crippen LogP contribution in [0.3, 0.4) is 0 Å². The minimum absolute atomic E-state index is 0.142. The number of benzene rings is 2. The van der Waals surface area contributed by atoms with Crippen molar-refractivity contribution in [3.63, 3.8) is 0 Å². The number of carbonyl (C=O) groups is 1. The Morgan fingerprint density at radius 2 is 1.88 bits per heavy atom. The van der Waals surface area contributed by atoms with Crippen molar-refractivity contribution in [3.05, 3.63) is 58.6 Å². The number of carbonyl (C=O) groups excluding carboxylic acids is 1. The monoisotopic (exact) mass is 342 g/mol. The smallest absolute Gasteiger partial charge is 0.231 e. The highest BCUT2D eigenvalue weighted by Crippen LogP contribution is 2.42. The number of fused-ring (bicyclic) bond motifs is 2. The Morgan fingerprint density at radius 3 is 2.79 bits per heavy atom. The average molecular weight is 343 g/mol. The van der Waals surface area contributed by atoms with Gasteiger partial charge in [0, 0.05) is 10.6 Å². The number of ether oxygens (including phenoxy) is 3. The molecule has 3 heterocycles. The standard InChI is InChI=1S/C17H11ClN2O4/c18-9-2-3-10-11(6-9)20-17-14(19-10)15(21)16(24-17)8-1-4-12-13(5-8)23-7-22-12/h1-6,16,19-20H,7H2. The van der Waals surface area contributed by atoms with E-state index in [4.69, 9.17) is 25.8 Å². The second-order valence-corrected chi connectivity index (χ2v) is 6.06. The summed E-state index contributed by atoms with van der Waals surface area (Å²) >= 11 is 6.01. The van der Waals surface area contributed by atoms with Gasteiger partial charge in [-0.05, 0) is 30.3 Å². The van der Waals surface area contributed by atoms with Gasteiger partial charge in [0.2, 0.25) is 18.5 Å². The lowest BCUT2D eigenvalue weighted by atomic mass is 10.0. The highest BCUT2D eigenvalue weighted by Gasteiger charge is 2.39. The van der Waals surface area contributed by atoms with E-state index in [0.717, 1.165) is 11.4 Å². The molecule has 3 aliphatic heterocycles. The van der Waals surface area contributed by atoms with Crippen LogP contribution in [-0.4, -0.2) is 12.6 Å². The molecule has 0 radical (unpaired) electrons. The van der Waals surface area contributed by atoms with Crippen LogP contribution in [0.2, 0.25) is 5.02 Å².